The fraction of sp³-hybridized carbons (Fsp3) is 0.231. The molecule has 1 amide bonds. The van der Waals surface area contributed by atoms with Gasteiger partial charge >= 0.3 is 0 Å². The predicted molar refractivity (Wildman–Crippen MR) is 66.5 cm³/mol. The van der Waals surface area contributed by atoms with Gasteiger partial charge in [-0.3, -0.25) is 4.79 Å². The van der Waals surface area contributed by atoms with Crippen molar-refractivity contribution in [2.45, 2.75) is 18.6 Å². The standard InChI is InChI=1S/C13H14N2O3/c14-12(17)7-11(16)13(18)10-6-5-8-3-1-2-4-9(8)15-10/h1-6,11,13,16,18H,7H2,(H2,14,17). The Bertz CT molecular complexity index is 571. The van der Waals surface area contributed by atoms with Gasteiger partial charge in [-0.1, -0.05) is 24.3 Å². The van der Waals surface area contributed by atoms with Gasteiger partial charge in [0.25, 0.3) is 0 Å². The van der Waals surface area contributed by atoms with Gasteiger partial charge in [0, 0.05) is 5.39 Å². The van der Waals surface area contributed by atoms with Crippen molar-refractivity contribution >= 4 is 16.8 Å². The van der Waals surface area contributed by atoms with Crippen LogP contribution in [0.1, 0.15) is 18.2 Å². The number of rotatable bonds is 4. The maximum Gasteiger partial charge on any atom is 0.220 e. The number of aromatic nitrogens is 1. The van der Waals surface area contributed by atoms with E-state index in [2.05, 4.69) is 4.98 Å². The number of aliphatic hydroxyl groups excluding tert-OH is 2. The molecule has 5 heteroatoms. The summed E-state index contributed by atoms with van der Waals surface area (Å²) in [6.45, 7) is 0. The molecule has 0 spiro atoms. The van der Waals surface area contributed by atoms with Crippen LogP contribution in [0.15, 0.2) is 36.4 Å². The van der Waals surface area contributed by atoms with Crippen molar-refractivity contribution in [3.05, 3.63) is 42.1 Å². The lowest BCUT2D eigenvalue weighted by atomic mass is 10.1. The van der Waals surface area contributed by atoms with E-state index >= 15 is 0 Å². The molecule has 18 heavy (non-hydrogen) atoms. The van der Waals surface area contributed by atoms with Crippen molar-refractivity contribution in [1.29, 1.82) is 0 Å². The van der Waals surface area contributed by atoms with Crippen LogP contribution in [0, 0.1) is 0 Å². The molecule has 1 heterocycles. The van der Waals surface area contributed by atoms with E-state index in [9.17, 15) is 15.0 Å². The van der Waals surface area contributed by atoms with Gasteiger partial charge in [0.05, 0.1) is 23.7 Å². The second kappa shape index (κ2) is 5.12. The number of carbonyl (C=O) groups is 1. The molecule has 2 unspecified atom stereocenters. The number of nitrogens with two attached hydrogens (primary N) is 1. The molecule has 1 aromatic carbocycles. The Morgan fingerprint density at radius 2 is 1.94 bits per heavy atom. The minimum atomic E-state index is -1.24. The van der Waals surface area contributed by atoms with Crippen molar-refractivity contribution in [3.63, 3.8) is 0 Å². The molecule has 0 saturated carbocycles. The molecule has 0 aliphatic rings. The second-order valence-electron chi connectivity index (χ2n) is 4.11. The third-order valence-electron chi connectivity index (χ3n) is 2.70. The average Bonchev–Trinajstić information content (AvgIpc) is 2.36. The predicted octanol–water partition coefficient (Wildman–Crippen LogP) is 0.504. The molecule has 2 rings (SSSR count). The van der Waals surface area contributed by atoms with Gasteiger partial charge in [-0.15, -0.1) is 0 Å². The molecule has 0 saturated heterocycles. The van der Waals surface area contributed by atoms with Gasteiger partial charge in [-0.25, -0.2) is 4.98 Å². The fourth-order valence-electron chi connectivity index (χ4n) is 1.76. The lowest BCUT2D eigenvalue weighted by molar-refractivity contribution is -0.121. The molecule has 0 fully saturated rings. The molecule has 4 N–H and O–H groups in total. The van der Waals surface area contributed by atoms with Crippen LogP contribution in [0.5, 0.6) is 0 Å². The topological polar surface area (TPSA) is 96.4 Å². The highest BCUT2D eigenvalue weighted by Crippen LogP contribution is 2.20. The lowest BCUT2D eigenvalue weighted by Crippen LogP contribution is -2.26. The van der Waals surface area contributed by atoms with Gasteiger partial charge in [0.1, 0.15) is 6.10 Å². The number of hydrogen-bond donors (Lipinski definition) is 3. The van der Waals surface area contributed by atoms with E-state index in [1.165, 1.54) is 0 Å². The number of carbonyl (C=O) groups excluding carboxylic acids is 1. The van der Waals surface area contributed by atoms with E-state index in [1.807, 2.05) is 24.3 Å². The lowest BCUT2D eigenvalue weighted by Gasteiger charge is -2.16. The number of fused-ring (bicyclic) bond motifs is 1. The Morgan fingerprint density at radius 3 is 2.67 bits per heavy atom. The molecule has 2 atom stereocenters. The first kappa shape index (κ1) is 12.5. The molecule has 1 aromatic heterocycles. The van der Waals surface area contributed by atoms with Crippen LogP contribution in [-0.4, -0.2) is 27.2 Å². The summed E-state index contributed by atoms with van der Waals surface area (Å²) in [5.74, 6) is -0.665. The molecule has 0 aliphatic heterocycles. The summed E-state index contributed by atoms with van der Waals surface area (Å²) in [5.41, 5.74) is 6.01. The van der Waals surface area contributed by atoms with E-state index < -0.39 is 18.1 Å². The van der Waals surface area contributed by atoms with E-state index in [0.717, 1.165) is 10.9 Å². The van der Waals surface area contributed by atoms with Crippen molar-refractivity contribution in [1.82, 2.24) is 4.98 Å². The Kier molecular flexibility index (Phi) is 3.55. The number of benzene rings is 1. The SMILES string of the molecule is NC(=O)CC(O)C(O)c1ccc2ccccc2n1. The molecular formula is C13H14N2O3. The third kappa shape index (κ3) is 2.64. The quantitative estimate of drug-likeness (QED) is 0.732. The number of amides is 1. The number of aliphatic hydroxyl groups is 2. The zero-order valence-electron chi connectivity index (χ0n) is 9.65. The number of nitrogens with zero attached hydrogens (tertiary/aromatic N) is 1. The smallest absolute Gasteiger partial charge is 0.220 e. The first-order valence-electron chi connectivity index (χ1n) is 5.58. The Morgan fingerprint density at radius 1 is 1.22 bits per heavy atom. The fourth-order valence-corrected chi connectivity index (χ4v) is 1.76. The highest BCUT2D eigenvalue weighted by molar-refractivity contribution is 5.78. The van der Waals surface area contributed by atoms with Crippen LogP contribution >= 0.6 is 0 Å². The van der Waals surface area contributed by atoms with E-state index in [-0.39, 0.29) is 6.42 Å². The van der Waals surface area contributed by atoms with Gasteiger partial charge in [0.2, 0.25) is 5.91 Å². The van der Waals surface area contributed by atoms with E-state index in [4.69, 9.17) is 5.73 Å². The summed E-state index contributed by atoms with van der Waals surface area (Å²) >= 11 is 0. The summed E-state index contributed by atoms with van der Waals surface area (Å²) < 4.78 is 0. The maximum atomic E-state index is 10.7. The van der Waals surface area contributed by atoms with Crippen molar-refractivity contribution in [2.75, 3.05) is 0 Å². The number of para-hydroxylation sites is 1. The van der Waals surface area contributed by atoms with Crippen LogP contribution in [0.25, 0.3) is 10.9 Å². The first-order valence-corrected chi connectivity index (χ1v) is 5.58. The molecule has 0 aliphatic carbocycles. The molecular weight excluding hydrogens is 232 g/mol. The van der Waals surface area contributed by atoms with Crippen LogP contribution < -0.4 is 5.73 Å². The monoisotopic (exact) mass is 246 g/mol. The van der Waals surface area contributed by atoms with Gasteiger partial charge in [-0.2, -0.15) is 0 Å². The van der Waals surface area contributed by atoms with Gasteiger partial charge in [0.15, 0.2) is 0 Å². The number of hydrogen-bond acceptors (Lipinski definition) is 4. The van der Waals surface area contributed by atoms with Crippen LogP contribution in [0.4, 0.5) is 0 Å². The van der Waals surface area contributed by atoms with Crippen LogP contribution in [-0.2, 0) is 4.79 Å². The zero-order chi connectivity index (χ0) is 13.1. The molecule has 0 radical (unpaired) electrons. The van der Waals surface area contributed by atoms with Crippen molar-refractivity contribution in [2.24, 2.45) is 5.73 Å². The summed E-state index contributed by atoms with van der Waals surface area (Å²) in [4.78, 5) is 14.9. The highest BCUT2D eigenvalue weighted by Gasteiger charge is 2.21. The summed E-state index contributed by atoms with van der Waals surface area (Å²) in [6, 6.07) is 10.9. The van der Waals surface area contributed by atoms with Crippen LogP contribution in [0.3, 0.4) is 0 Å². The van der Waals surface area contributed by atoms with E-state index in [1.54, 1.807) is 12.1 Å². The largest absolute Gasteiger partial charge is 0.389 e. The summed E-state index contributed by atoms with van der Waals surface area (Å²) in [7, 11) is 0. The Labute approximate surface area is 104 Å². The minimum absolute atomic E-state index is 0.296. The van der Waals surface area contributed by atoms with Crippen LogP contribution in [0.2, 0.25) is 0 Å². The summed E-state index contributed by atoms with van der Waals surface area (Å²) in [6.07, 6.45) is -2.76. The maximum absolute atomic E-state index is 10.7. The second-order valence-corrected chi connectivity index (χ2v) is 4.11. The minimum Gasteiger partial charge on any atom is -0.389 e. The number of primary amides is 1. The Balaban J connectivity index is 2.27. The average molecular weight is 246 g/mol. The van der Waals surface area contributed by atoms with E-state index in [0.29, 0.717) is 5.69 Å². The van der Waals surface area contributed by atoms with Gasteiger partial charge < -0.3 is 15.9 Å². The molecule has 5 nitrogen and oxygen atoms in total. The summed E-state index contributed by atoms with van der Waals surface area (Å²) in [5, 5.41) is 20.4. The first-order chi connectivity index (χ1) is 8.58. The molecule has 94 valence electrons. The highest BCUT2D eigenvalue weighted by atomic mass is 16.3. The van der Waals surface area contributed by atoms with Crippen molar-refractivity contribution < 1.29 is 15.0 Å². The van der Waals surface area contributed by atoms with Crippen molar-refractivity contribution in [3.8, 4) is 0 Å². The Hall–Kier alpha value is -1.98. The zero-order valence-corrected chi connectivity index (χ0v) is 9.65. The number of pyridine rings is 1. The normalized spacial score (nSPS) is 14.3. The molecule has 0 bridgehead atoms. The molecule has 2 aromatic rings. The van der Waals surface area contributed by atoms with Gasteiger partial charge in [-0.05, 0) is 12.1 Å². The third-order valence-corrected chi connectivity index (χ3v) is 2.70.